The number of carboxylic acid groups (broad SMARTS) is 1. The Hall–Kier alpha value is -6.37. The van der Waals surface area contributed by atoms with E-state index in [1.807, 2.05) is 0 Å². The van der Waals surface area contributed by atoms with Gasteiger partial charge in [0, 0.05) is 40.3 Å². The summed E-state index contributed by atoms with van der Waals surface area (Å²) in [6.45, 7) is 4.07. The molecule has 0 heterocycles. The van der Waals surface area contributed by atoms with Crippen LogP contribution in [0.5, 0.6) is 0 Å². The van der Waals surface area contributed by atoms with E-state index < -0.39 is 109 Å². The molecule has 0 saturated heterocycles. The number of primary amides is 1. The van der Waals surface area contributed by atoms with E-state index in [0.717, 1.165) is 9.80 Å². The van der Waals surface area contributed by atoms with Crippen LogP contribution in [0.3, 0.4) is 0 Å². The Morgan fingerprint density at radius 1 is 0.623 bits per heavy atom. The van der Waals surface area contributed by atoms with E-state index in [1.165, 1.54) is 21.0 Å². The van der Waals surface area contributed by atoms with Crippen LogP contribution in [-0.4, -0.2) is 132 Å². The highest BCUT2D eigenvalue weighted by molar-refractivity contribution is 5.96. The van der Waals surface area contributed by atoms with Crippen LogP contribution in [0.15, 0.2) is 60.7 Å². The van der Waals surface area contributed by atoms with Crippen molar-refractivity contribution in [3.05, 3.63) is 71.8 Å². The van der Waals surface area contributed by atoms with Crippen molar-refractivity contribution in [2.75, 3.05) is 33.7 Å². The summed E-state index contributed by atoms with van der Waals surface area (Å²) in [5.41, 5.74) is 12.2. The second kappa shape index (κ2) is 26.0. The number of carboxylic acids is 1. The molecule has 19 heteroatoms. The first-order chi connectivity index (χ1) is 28.8. The summed E-state index contributed by atoms with van der Waals surface area (Å²) in [4.78, 5) is 118. The maximum atomic E-state index is 14.2. The molecule has 5 atom stereocenters. The molecule has 10 N–H and O–H groups in total. The number of carbonyl (C=O) groups is 9. The first-order valence-electron chi connectivity index (χ1n) is 20.1. The normalized spacial score (nSPS) is 13.3. The molecule has 0 fully saturated rings. The summed E-state index contributed by atoms with van der Waals surface area (Å²) < 4.78 is 0. The summed E-state index contributed by atoms with van der Waals surface area (Å²) in [7, 11) is 2.72. The number of benzene rings is 2. The van der Waals surface area contributed by atoms with E-state index in [0.29, 0.717) is 36.9 Å². The first kappa shape index (κ1) is 50.8. The number of hydrogen-bond acceptors (Lipinski definition) is 10. The lowest BCUT2D eigenvalue weighted by Gasteiger charge is -2.29. The van der Waals surface area contributed by atoms with Crippen LogP contribution < -0.4 is 38.1 Å². The summed E-state index contributed by atoms with van der Waals surface area (Å²) in [5.74, 6) is -7.15. The molecular formula is C42H61N9O10. The molecule has 0 unspecified atom stereocenters. The molecule has 8 amide bonds. The van der Waals surface area contributed by atoms with E-state index in [2.05, 4.69) is 26.6 Å². The molecule has 0 saturated carbocycles. The average molecular weight is 852 g/mol. The predicted octanol–water partition coefficient (Wildman–Crippen LogP) is -1.03. The third-order valence-electron chi connectivity index (χ3n) is 9.54. The molecule has 0 radical (unpaired) electrons. The number of amides is 8. The minimum atomic E-state index is -1.30. The van der Waals surface area contributed by atoms with Gasteiger partial charge in [0.25, 0.3) is 0 Å². The van der Waals surface area contributed by atoms with E-state index in [1.54, 1.807) is 74.5 Å². The van der Waals surface area contributed by atoms with Crippen molar-refractivity contribution in [1.82, 2.24) is 36.4 Å². The van der Waals surface area contributed by atoms with Crippen molar-refractivity contribution in [3.8, 4) is 0 Å². The van der Waals surface area contributed by atoms with Gasteiger partial charge in [0.1, 0.15) is 30.2 Å². The summed E-state index contributed by atoms with van der Waals surface area (Å²) in [6, 6.07) is 11.7. The Morgan fingerprint density at radius 2 is 1.11 bits per heavy atom. The number of rotatable bonds is 26. The van der Waals surface area contributed by atoms with Crippen LogP contribution in [0.1, 0.15) is 64.0 Å². The quantitative estimate of drug-likeness (QED) is 0.0530. The zero-order valence-corrected chi connectivity index (χ0v) is 35.5. The highest BCUT2D eigenvalue weighted by atomic mass is 16.4. The van der Waals surface area contributed by atoms with Gasteiger partial charge in [0.2, 0.25) is 47.3 Å². The Morgan fingerprint density at radius 3 is 1.59 bits per heavy atom. The summed E-state index contributed by atoms with van der Waals surface area (Å²) in [6.07, 6.45) is 0.808. The van der Waals surface area contributed by atoms with Gasteiger partial charge in [-0.25, -0.2) is 0 Å². The van der Waals surface area contributed by atoms with Crippen LogP contribution in [0.4, 0.5) is 0 Å². The highest BCUT2D eigenvalue weighted by Crippen LogP contribution is 2.11. The zero-order valence-electron chi connectivity index (χ0n) is 35.5. The zero-order chi connectivity index (χ0) is 45.6. The molecule has 0 aliphatic carbocycles. The van der Waals surface area contributed by atoms with E-state index >= 15 is 0 Å². The second-order valence-corrected chi connectivity index (χ2v) is 15.2. The Labute approximate surface area is 356 Å². The van der Waals surface area contributed by atoms with E-state index in [9.17, 15) is 43.2 Å². The molecule has 0 aliphatic heterocycles. The van der Waals surface area contributed by atoms with Gasteiger partial charge in [0.15, 0.2) is 0 Å². The molecule has 2 rings (SSSR count). The smallest absolute Gasteiger partial charge is 0.303 e. The lowest BCUT2D eigenvalue weighted by atomic mass is 10.00. The Kier molecular flexibility index (Phi) is 21.6. The van der Waals surface area contributed by atoms with Gasteiger partial charge in [-0.15, -0.1) is 0 Å². The standard InChI is InChI=1S/C42H61N9O10/c1-26(2)37(49-35(54)25-50(4)41(60)31(45-27(3)52)18-12-13-21-43)40(59)47-32(22-28-14-8-6-9-15-28)39(58)48-33(23-29-16-10-7-11-17-29)42(61)51(5)24-34(53)46-30(38(44)57)19-20-36(55)56/h6-11,14-17,26,30-33,37H,12-13,18-25,43H2,1-5H3,(H2,44,57)(H,45,52)(H,46,53)(H,47,59)(H,48,58)(H,49,54)(H,55,56)/t30-,31-,32-,33-,37-/m0/s1. The summed E-state index contributed by atoms with van der Waals surface area (Å²) >= 11 is 0. The van der Waals surface area contributed by atoms with E-state index in [4.69, 9.17) is 16.6 Å². The Balaban J connectivity index is 2.32. The molecule has 2 aromatic carbocycles. The van der Waals surface area contributed by atoms with Crippen molar-refractivity contribution in [2.24, 2.45) is 17.4 Å². The van der Waals surface area contributed by atoms with Crippen LogP contribution in [0.25, 0.3) is 0 Å². The molecule has 61 heavy (non-hydrogen) atoms. The number of likely N-dealkylation sites (N-methyl/N-ethyl adjacent to an activating group) is 2. The molecule has 0 spiro atoms. The summed E-state index contributed by atoms with van der Waals surface area (Å²) in [5, 5.41) is 22.1. The second-order valence-electron chi connectivity index (χ2n) is 15.2. The number of hydrogen-bond donors (Lipinski definition) is 8. The van der Waals surface area contributed by atoms with Crippen LogP contribution in [-0.2, 0) is 56.0 Å². The number of unbranched alkanes of at least 4 members (excludes halogenated alkanes) is 1. The van der Waals surface area contributed by atoms with Gasteiger partial charge < -0.3 is 53.0 Å². The van der Waals surface area contributed by atoms with Crippen molar-refractivity contribution in [2.45, 2.75) is 95.9 Å². The van der Waals surface area contributed by atoms with Crippen LogP contribution >= 0.6 is 0 Å². The fourth-order valence-corrected chi connectivity index (χ4v) is 6.30. The van der Waals surface area contributed by atoms with Crippen molar-refractivity contribution < 1.29 is 48.3 Å². The fraction of sp³-hybridized carbons (Fsp3) is 0.500. The third kappa shape index (κ3) is 18.6. The van der Waals surface area contributed by atoms with Gasteiger partial charge in [-0.2, -0.15) is 0 Å². The van der Waals surface area contributed by atoms with Gasteiger partial charge >= 0.3 is 5.97 Å². The minimum absolute atomic E-state index is 0.0153. The third-order valence-corrected chi connectivity index (χ3v) is 9.54. The van der Waals surface area contributed by atoms with Gasteiger partial charge in [-0.1, -0.05) is 74.5 Å². The molecule has 334 valence electrons. The van der Waals surface area contributed by atoms with Gasteiger partial charge in [-0.3, -0.25) is 43.2 Å². The molecule has 0 aromatic heterocycles. The maximum absolute atomic E-state index is 14.2. The highest BCUT2D eigenvalue weighted by Gasteiger charge is 2.33. The lowest BCUT2D eigenvalue weighted by molar-refractivity contribution is -0.140. The minimum Gasteiger partial charge on any atom is -0.481 e. The van der Waals surface area contributed by atoms with E-state index in [-0.39, 0.29) is 19.3 Å². The predicted molar refractivity (Wildman–Crippen MR) is 225 cm³/mol. The van der Waals surface area contributed by atoms with Crippen LogP contribution in [0.2, 0.25) is 0 Å². The number of aliphatic carboxylic acids is 1. The molecule has 0 bridgehead atoms. The topological polar surface area (TPSA) is 293 Å². The van der Waals surface area contributed by atoms with Crippen molar-refractivity contribution in [3.63, 3.8) is 0 Å². The van der Waals surface area contributed by atoms with Gasteiger partial charge in [-0.05, 0) is 49.3 Å². The fourth-order valence-electron chi connectivity index (χ4n) is 6.30. The number of nitrogens with zero attached hydrogens (tertiary/aromatic N) is 2. The molecule has 19 nitrogen and oxygen atoms in total. The monoisotopic (exact) mass is 851 g/mol. The Bertz CT molecular complexity index is 1810. The molecule has 2 aromatic rings. The maximum Gasteiger partial charge on any atom is 0.303 e. The number of carbonyl (C=O) groups excluding carboxylic acids is 8. The van der Waals surface area contributed by atoms with Crippen molar-refractivity contribution >= 4 is 53.2 Å². The number of nitrogens with one attached hydrogen (secondary N) is 5. The molecular weight excluding hydrogens is 791 g/mol. The first-order valence-corrected chi connectivity index (χ1v) is 20.1. The van der Waals surface area contributed by atoms with Gasteiger partial charge in [0.05, 0.1) is 13.1 Å². The molecule has 0 aliphatic rings. The largest absolute Gasteiger partial charge is 0.481 e. The van der Waals surface area contributed by atoms with Crippen molar-refractivity contribution in [1.29, 1.82) is 0 Å². The average Bonchev–Trinajstić information content (AvgIpc) is 3.20. The SMILES string of the molecule is CC(=O)N[C@@H](CCCCN)C(=O)N(C)CC(=O)N[C@H](C(=O)N[C@@H](Cc1ccccc1)C(=O)N[C@@H](Cc1ccccc1)C(=O)N(C)CC(=O)N[C@@H](CCC(=O)O)C(N)=O)C(C)C. The number of nitrogens with two attached hydrogens (primary N) is 2. The van der Waals surface area contributed by atoms with Crippen LogP contribution in [0, 0.1) is 5.92 Å². The lowest BCUT2D eigenvalue weighted by Crippen LogP contribution is -2.59.